The number of carbonyl (C=O) groups excluding carboxylic acids is 1. The number of hydrogen-bond acceptors (Lipinski definition) is 2. The van der Waals surface area contributed by atoms with Gasteiger partial charge in [-0.15, -0.1) is 0 Å². The highest BCUT2D eigenvalue weighted by atomic mass is 16.2. The van der Waals surface area contributed by atoms with Crippen molar-refractivity contribution < 1.29 is 4.79 Å². The highest BCUT2D eigenvalue weighted by molar-refractivity contribution is 5.78. The molecule has 0 heterocycles. The second-order valence-electron chi connectivity index (χ2n) is 4.07. The summed E-state index contributed by atoms with van der Waals surface area (Å²) in [5, 5.41) is 0. The van der Waals surface area contributed by atoms with Crippen LogP contribution in [0.5, 0.6) is 0 Å². The first kappa shape index (κ1) is 13.4. The molecule has 1 amide bonds. The van der Waals surface area contributed by atoms with E-state index in [4.69, 9.17) is 5.73 Å². The van der Waals surface area contributed by atoms with E-state index in [0.717, 1.165) is 19.4 Å². The highest BCUT2D eigenvalue weighted by Gasteiger charge is 2.19. The molecule has 14 heavy (non-hydrogen) atoms. The van der Waals surface area contributed by atoms with Crippen molar-refractivity contribution in [1.29, 1.82) is 0 Å². The number of hydrogen-bond donors (Lipinski definition) is 1. The number of amides is 1. The summed E-state index contributed by atoms with van der Waals surface area (Å²) in [4.78, 5) is 13.7. The average molecular weight is 200 g/mol. The first-order chi connectivity index (χ1) is 6.56. The molecule has 0 bridgehead atoms. The van der Waals surface area contributed by atoms with Gasteiger partial charge in [-0.25, -0.2) is 0 Å². The maximum atomic E-state index is 11.8. The monoisotopic (exact) mass is 200 g/mol. The number of nitrogens with zero attached hydrogens (tertiary/aromatic N) is 1. The minimum absolute atomic E-state index is 0.185. The molecule has 0 aliphatic carbocycles. The Hall–Kier alpha value is -0.570. The molecule has 0 saturated heterocycles. The molecule has 0 spiro atoms. The fourth-order valence-corrected chi connectivity index (χ4v) is 1.58. The van der Waals surface area contributed by atoms with Gasteiger partial charge in [0.15, 0.2) is 0 Å². The molecule has 0 rings (SSSR count). The van der Waals surface area contributed by atoms with Crippen LogP contribution in [0.3, 0.4) is 0 Å². The number of carbonyl (C=O) groups is 1. The maximum absolute atomic E-state index is 11.8. The topological polar surface area (TPSA) is 46.3 Å². The van der Waals surface area contributed by atoms with Crippen LogP contribution in [0.15, 0.2) is 0 Å². The van der Waals surface area contributed by atoms with Crippen LogP contribution in [0.25, 0.3) is 0 Å². The third-order valence-corrected chi connectivity index (χ3v) is 2.70. The van der Waals surface area contributed by atoms with Crippen LogP contribution in [0.2, 0.25) is 0 Å². The van der Waals surface area contributed by atoms with Crippen molar-refractivity contribution in [3.63, 3.8) is 0 Å². The van der Waals surface area contributed by atoms with Crippen LogP contribution in [0, 0.1) is 11.8 Å². The summed E-state index contributed by atoms with van der Waals surface area (Å²) < 4.78 is 0. The van der Waals surface area contributed by atoms with E-state index in [1.165, 1.54) is 0 Å². The van der Waals surface area contributed by atoms with Gasteiger partial charge in [-0.3, -0.25) is 4.79 Å². The van der Waals surface area contributed by atoms with Crippen molar-refractivity contribution in [3.8, 4) is 0 Å². The SMILES string of the molecule is CCC(CC)C(=O)N(C)CC(C)CN. The summed E-state index contributed by atoms with van der Waals surface area (Å²) in [6.07, 6.45) is 1.85. The van der Waals surface area contributed by atoms with Crippen LogP contribution in [0.1, 0.15) is 33.6 Å². The first-order valence-electron chi connectivity index (χ1n) is 5.51. The van der Waals surface area contributed by atoms with Gasteiger partial charge < -0.3 is 10.6 Å². The van der Waals surface area contributed by atoms with Crippen molar-refractivity contribution >= 4 is 5.91 Å². The third-order valence-electron chi connectivity index (χ3n) is 2.70. The van der Waals surface area contributed by atoms with Crippen molar-refractivity contribution in [3.05, 3.63) is 0 Å². The van der Waals surface area contributed by atoms with E-state index in [1.54, 1.807) is 0 Å². The van der Waals surface area contributed by atoms with Crippen LogP contribution >= 0.6 is 0 Å². The third kappa shape index (κ3) is 4.09. The molecule has 0 aromatic rings. The predicted molar refractivity (Wildman–Crippen MR) is 59.9 cm³/mol. The Bertz CT molecular complexity index is 167. The van der Waals surface area contributed by atoms with Gasteiger partial charge in [-0.1, -0.05) is 20.8 Å². The van der Waals surface area contributed by atoms with E-state index in [-0.39, 0.29) is 11.8 Å². The van der Waals surface area contributed by atoms with Crippen LogP contribution < -0.4 is 5.73 Å². The zero-order valence-corrected chi connectivity index (χ0v) is 9.92. The highest BCUT2D eigenvalue weighted by Crippen LogP contribution is 2.11. The Morgan fingerprint density at radius 2 is 1.86 bits per heavy atom. The average Bonchev–Trinajstić information content (AvgIpc) is 2.19. The Morgan fingerprint density at radius 3 is 2.21 bits per heavy atom. The van der Waals surface area contributed by atoms with Crippen LogP contribution in [-0.4, -0.2) is 30.9 Å². The van der Waals surface area contributed by atoms with Gasteiger partial charge in [0.1, 0.15) is 0 Å². The van der Waals surface area contributed by atoms with Gasteiger partial charge in [-0.05, 0) is 25.3 Å². The zero-order chi connectivity index (χ0) is 11.1. The predicted octanol–water partition coefficient (Wildman–Crippen LogP) is 1.48. The lowest BCUT2D eigenvalue weighted by atomic mass is 10.0. The molecular formula is C11H24N2O. The Kier molecular flexibility index (Phi) is 6.54. The summed E-state index contributed by atoms with van der Waals surface area (Å²) in [5.41, 5.74) is 5.52. The molecule has 2 N–H and O–H groups in total. The summed E-state index contributed by atoms with van der Waals surface area (Å²) >= 11 is 0. The van der Waals surface area contributed by atoms with Crippen LogP contribution in [0.4, 0.5) is 0 Å². The Morgan fingerprint density at radius 1 is 1.36 bits per heavy atom. The molecule has 3 nitrogen and oxygen atoms in total. The second-order valence-corrected chi connectivity index (χ2v) is 4.07. The summed E-state index contributed by atoms with van der Waals surface area (Å²) in [7, 11) is 1.87. The lowest BCUT2D eigenvalue weighted by Gasteiger charge is -2.24. The van der Waals surface area contributed by atoms with E-state index in [9.17, 15) is 4.79 Å². The lowest BCUT2D eigenvalue weighted by Crippen LogP contribution is -2.37. The lowest BCUT2D eigenvalue weighted by molar-refractivity contribution is -0.134. The molecule has 0 aliphatic heterocycles. The largest absolute Gasteiger partial charge is 0.345 e. The van der Waals surface area contributed by atoms with E-state index in [0.29, 0.717) is 12.5 Å². The first-order valence-corrected chi connectivity index (χ1v) is 5.51. The molecule has 0 radical (unpaired) electrons. The Labute approximate surface area is 87.6 Å². The fraction of sp³-hybridized carbons (Fsp3) is 0.909. The summed E-state index contributed by atoms with van der Waals surface area (Å²) in [5.74, 6) is 0.832. The van der Waals surface area contributed by atoms with Gasteiger partial charge in [0.2, 0.25) is 5.91 Å². The standard InChI is InChI=1S/C11H24N2O/c1-5-10(6-2)11(14)13(4)8-9(3)7-12/h9-10H,5-8,12H2,1-4H3. The summed E-state index contributed by atoms with van der Waals surface area (Å²) in [6, 6.07) is 0. The van der Waals surface area contributed by atoms with Gasteiger partial charge in [0.25, 0.3) is 0 Å². The molecule has 84 valence electrons. The van der Waals surface area contributed by atoms with Crippen molar-refractivity contribution in [2.45, 2.75) is 33.6 Å². The number of rotatable bonds is 6. The zero-order valence-electron chi connectivity index (χ0n) is 9.92. The molecule has 3 heteroatoms. The van der Waals surface area contributed by atoms with E-state index in [1.807, 2.05) is 11.9 Å². The molecule has 0 fully saturated rings. The minimum Gasteiger partial charge on any atom is -0.345 e. The van der Waals surface area contributed by atoms with Gasteiger partial charge >= 0.3 is 0 Å². The molecule has 1 atom stereocenters. The van der Waals surface area contributed by atoms with E-state index < -0.39 is 0 Å². The molecule has 0 aliphatic rings. The van der Waals surface area contributed by atoms with Crippen molar-refractivity contribution in [1.82, 2.24) is 4.90 Å². The number of nitrogens with two attached hydrogens (primary N) is 1. The molecule has 0 aromatic heterocycles. The van der Waals surface area contributed by atoms with Gasteiger partial charge in [0, 0.05) is 19.5 Å². The summed E-state index contributed by atoms with van der Waals surface area (Å²) in [6.45, 7) is 7.60. The second kappa shape index (κ2) is 6.82. The quantitative estimate of drug-likeness (QED) is 0.706. The Balaban J connectivity index is 4.09. The van der Waals surface area contributed by atoms with Gasteiger partial charge in [-0.2, -0.15) is 0 Å². The van der Waals surface area contributed by atoms with Crippen molar-refractivity contribution in [2.24, 2.45) is 17.6 Å². The fourth-order valence-electron chi connectivity index (χ4n) is 1.58. The van der Waals surface area contributed by atoms with Gasteiger partial charge in [0.05, 0.1) is 0 Å². The van der Waals surface area contributed by atoms with E-state index in [2.05, 4.69) is 20.8 Å². The molecule has 0 saturated carbocycles. The van der Waals surface area contributed by atoms with Crippen LogP contribution in [-0.2, 0) is 4.79 Å². The molecule has 1 unspecified atom stereocenters. The smallest absolute Gasteiger partial charge is 0.225 e. The molecular weight excluding hydrogens is 176 g/mol. The minimum atomic E-state index is 0.185. The van der Waals surface area contributed by atoms with E-state index >= 15 is 0 Å². The molecule has 0 aromatic carbocycles. The van der Waals surface area contributed by atoms with Crippen molar-refractivity contribution in [2.75, 3.05) is 20.1 Å². The maximum Gasteiger partial charge on any atom is 0.225 e. The normalized spacial score (nSPS) is 13.0.